The number of carbonyl (C=O) groups excluding carboxylic acids is 1. The lowest BCUT2D eigenvalue weighted by Crippen LogP contribution is -2.17. The monoisotopic (exact) mass is 346 g/mol. The maximum absolute atomic E-state index is 12.0. The number of carbonyl (C=O) groups is 1. The Morgan fingerprint density at radius 1 is 0.962 bits per heavy atom. The summed E-state index contributed by atoms with van der Waals surface area (Å²) in [5, 5.41) is 13.6. The minimum atomic E-state index is -0.484. The van der Waals surface area contributed by atoms with Crippen LogP contribution < -0.4 is 10.2 Å². The second-order valence-corrected chi connectivity index (χ2v) is 5.53. The molecule has 5 nitrogen and oxygen atoms in total. The van der Waals surface area contributed by atoms with Gasteiger partial charge in [0.25, 0.3) is 5.91 Å². The molecular formula is C21H18N2O3. The fourth-order valence-electron chi connectivity index (χ4n) is 2.34. The Kier molecular flexibility index (Phi) is 5.62. The van der Waals surface area contributed by atoms with Crippen molar-refractivity contribution in [1.29, 1.82) is 0 Å². The predicted molar refractivity (Wildman–Crippen MR) is 100 cm³/mol. The third-order valence-electron chi connectivity index (χ3n) is 3.67. The minimum Gasteiger partial charge on any atom is -0.507 e. The molecule has 5 heteroatoms. The fourth-order valence-corrected chi connectivity index (χ4v) is 2.34. The third kappa shape index (κ3) is 4.48. The largest absolute Gasteiger partial charge is 0.507 e. The molecular weight excluding hydrogens is 328 g/mol. The molecule has 0 fully saturated rings. The Bertz CT molecular complexity index is 908. The average Bonchev–Trinajstić information content (AvgIpc) is 2.68. The Labute approximate surface area is 151 Å². The molecule has 0 saturated carbocycles. The van der Waals surface area contributed by atoms with Gasteiger partial charge in [0.2, 0.25) is 0 Å². The first kappa shape index (κ1) is 17.2. The van der Waals surface area contributed by atoms with Crippen LogP contribution in [0.1, 0.15) is 21.5 Å². The fraction of sp³-hybridized carbons (Fsp3) is 0.0476. The van der Waals surface area contributed by atoms with Crippen molar-refractivity contribution >= 4 is 12.1 Å². The highest BCUT2D eigenvalue weighted by molar-refractivity contribution is 5.97. The molecule has 26 heavy (non-hydrogen) atoms. The van der Waals surface area contributed by atoms with E-state index >= 15 is 0 Å². The molecule has 0 aliphatic rings. The normalized spacial score (nSPS) is 10.6. The summed E-state index contributed by atoms with van der Waals surface area (Å²) in [5.41, 5.74) is 4.37. The van der Waals surface area contributed by atoms with Crippen molar-refractivity contribution in [1.82, 2.24) is 5.43 Å². The van der Waals surface area contributed by atoms with Gasteiger partial charge in [-0.15, -0.1) is 0 Å². The summed E-state index contributed by atoms with van der Waals surface area (Å²) in [6.45, 7) is 0.440. The maximum atomic E-state index is 12.0. The molecule has 0 unspecified atom stereocenters. The topological polar surface area (TPSA) is 70.9 Å². The number of aromatic hydroxyl groups is 1. The Balaban J connectivity index is 1.65. The second kappa shape index (κ2) is 8.48. The zero-order chi connectivity index (χ0) is 18.2. The van der Waals surface area contributed by atoms with Crippen LogP contribution in [0.4, 0.5) is 0 Å². The highest BCUT2D eigenvalue weighted by Crippen LogP contribution is 2.18. The Morgan fingerprint density at radius 2 is 1.65 bits per heavy atom. The average molecular weight is 346 g/mol. The molecule has 130 valence electrons. The van der Waals surface area contributed by atoms with Gasteiger partial charge in [0, 0.05) is 5.56 Å². The summed E-state index contributed by atoms with van der Waals surface area (Å²) in [6, 6.07) is 23.6. The van der Waals surface area contributed by atoms with E-state index in [1.165, 1.54) is 18.3 Å². The van der Waals surface area contributed by atoms with E-state index < -0.39 is 5.91 Å². The summed E-state index contributed by atoms with van der Waals surface area (Å²) in [7, 11) is 0. The standard InChI is InChI=1S/C21H18N2O3/c24-19-12-6-5-11-18(19)21(25)23-22-14-17-10-4-7-13-20(17)26-15-16-8-2-1-3-9-16/h1-14,24H,15H2,(H,23,25)/b22-14-. The van der Waals surface area contributed by atoms with E-state index in [0.717, 1.165) is 11.1 Å². The van der Waals surface area contributed by atoms with E-state index in [2.05, 4.69) is 10.5 Å². The molecule has 0 atom stereocenters. The van der Waals surface area contributed by atoms with Crippen molar-refractivity contribution in [3.8, 4) is 11.5 Å². The molecule has 0 aromatic heterocycles. The van der Waals surface area contributed by atoms with Gasteiger partial charge in [-0.05, 0) is 29.8 Å². The zero-order valence-electron chi connectivity index (χ0n) is 14.0. The van der Waals surface area contributed by atoms with E-state index in [0.29, 0.717) is 12.4 Å². The molecule has 0 heterocycles. The number of amides is 1. The number of para-hydroxylation sites is 2. The molecule has 1 amide bonds. The molecule has 3 aromatic carbocycles. The van der Waals surface area contributed by atoms with Crippen LogP contribution in [0.25, 0.3) is 0 Å². The smallest absolute Gasteiger partial charge is 0.275 e. The number of phenols is 1. The third-order valence-corrected chi connectivity index (χ3v) is 3.67. The first-order chi connectivity index (χ1) is 12.7. The number of nitrogens with zero attached hydrogens (tertiary/aromatic N) is 1. The van der Waals surface area contributed by atoms with Gasteiger partial charge in [-0.1, -0.05) is 54.6 Å². The van der Waals surface area contributed by atoms with Gasteiger partial charge in [-0.25, -0.2) is 5.43 Å². The molecule has 0 aliphatic carbocycles. The lowest BCUT2D eigenvalue weighted by Gasteiger charge is -2.09. The zero-order valence-corrected chi connectivity index (χ0v) is 14.0. The van der Waals surface area contributed by atoms with E-state index in [1.807, 2.05) is 54.6 Å². The predicted octanol–water partition coefficient (Wildman–Crippen LogP) is 3.74. The molecule has 3 rings (SSSR count). The summed E-state index contributed by atoms with van der Waals surface area (Å²) in [5.74, 6) is 0.0886. The molecule has 2 N–H and O–H groups in total. The molecule has 0 spiro atoms. The van der Waals surface area contributed by atoms with Crippen molar-refractivity contribution in [2.24, 2.45) is 5.10 Å². The summed E-state index contributed by atoms with van der Waals surface area (Å²) in [6.07, 6.45) is 1.51. The molecule has 0 aliphatic heterocycles. The highest BCUT2D eigenvalue weighted by atomic mass is 16.5. The molecule has 0 radical (unpaired) electrons. The number of rotatable bonds is 6. The van der Waals surface area contributed by atoms with Crippen LogP contribution in [0, 0.1) is 0 Å². The molecule has 0 saturated heterocycles. The Morgan fingerprint density at radius 3 is 2.46 bits per heavy atom. The van der Waals surface area contributed by atoms with Gasteiger partial charge >= 0.3 is 0 Å². The van der Waals surface area contributed by atoms with Crippen molar-refractivity contribution in [3.63, 3.8) is 0 Å². The second-order valence-electron chi connectivity index (χ2n) is 5.53. The van der Waals surface area contributed by atoms with Crippen LogP contribution in [0.2, 0.25) is 0 Å². The van der Waals surface area contributed by atoms with E-state index in [9.17, 15) is 9.90 Å². The van der Waals surface area contributed by atoms with E-state index in [1.54, 1.807) is 12.1 Å². The number of hydrogen-bond donors (Lipinski definition) is 2. The summed E-state index contributed by atoms with van der Waals surface area (Å²) >= 11 is 0. The number of benzene rings is 3. The Hall–Kier alpha value is -3.60. The van der Waals surface area contributed by atoms with Crippen molar-refractivity contribution in [2.45, 2.75) is 6.61 Å². The van der Waals surface area contributed by atoms with Crippen molar-refractivity contribution in [2.75, 3.05) is 0 Å². The first-order valence-electron chi connectivity index (χ1n) is 8.11. The number of phenolic OH excluding ortho intramolecular Hbond substituents is 1. The number of nitrogens with one attached hydrogen (secondary N) is 1. The van der Waals surface area contributed by atoms with Gasteiger partial charge in [-0.3, -0.25) is 4.79 Å². The first-order valence-corrected chi connectivity index (χ1v) is 8.11. The number of hydrazone groups is 1. The van der Waals surface area contributed by atoms with Gasteiger partial charge in [0.1, 0.15) is 18.1 Å². The lowest BCUT2D eigenvalue weighted by molar-refractivity contribution is 0.0952. The van der Waals surface area contributed by atoms with Crippen molar-refractivity contribution in [3.05, 3.63) is 95.6 Å². The van der Waals surface area contributed by atoms with E-state index in [4.69, 9.17) is 4.74 Å². The molecule has 0 bridgehead atoms. The van der Waals surface area contributed by atoms with Gasteiger partial charge in [0.05, 0.1) is 11.8 Å². The number of hydrogen-bond acceptors (Lipinski definition) is 4. The van der Waals surface area contributed by atoms with Crippen LogP contribution in [0.5, 0.6) is 11.5 Å². The van der Waals surface area contributed by atoms with Crippen LogP contribution in [-0.2, 0) is 6.61 Å². The lowest BCUT2D eigenvalue weighted by atomic mass is 10.2. The van der Waals surface area contributed by atoms with Crippen LogP contribution in [-0.4, -0.2) is 17.2 Å². The quantitative estimate of drug-likeness (QED) is 0.528. The van der Waals surface area contributed by atoms with Crippen LogP contribution >= 0.6 is 0 Å². The molecule has 3 aromatic rings. The summed E-state index contributed by atoms with van der Waals surface area (Å²) < 4.78 is 5.84. The minimum absolute atomic E-state index is 0.0909. The van der Waals surface area contributed by atoms with E-state index in [-0.39, 0.29) is 11.3 Å². The van der Waals surface area contributed by atoms with Crippen molar-refractivity contribution < 1.29 is 14.6 Å². The van der Waals surface area contributed by atoms with Crippen LogP contribution in [0.3, 0.4) is 0 Å². The van der Waals surface area contributed by atoms with Gasteiger partial charge in [-0.2, -0.15) is 5.10 Å². The highest BCUT2D eigenvalue weighted by Gasteiger charge is 2.08. The number of ether oxygens (including phenoxy) is 1. The van der Waals surface area contributed by atoms with Gasteiger partial charge in [0.15, 0.2) is 0 Å². The summed E-state index contributed by atoms with van der Waals surface area (Å²) in [4.78, 5) is 12.0. The van der Waals surface area contributed by atoms with Crippen LogP contribution in [0.15, 0.2) is 84.0 Å². The maximum Gasteiger partial charge on any atom is 0.275 e. The SMILES string of the molecule is O=C(N/N=C\c1ccccc1OCc1ccccc1)c1ccccc1O. The van der Waals surface area contributed by atoms with Gasteiger partial charge < -0.3 is 9.84 Å².